The third kappa shape index (κ3) is 3.44. The van der Waals surface area contributed by atoms with E-state index >= 15 is 0 Å². The van der Waals surface area contributed by atoms with Gasteiger partial charge in [-0.2, -0.15) is 5.26 Å². The van der Waals surface area contributed by atoms with Crippen LogP contribution in [0.1, 0.15) is 42.9 Å². The van der Waals surface area contributed by atoms with Gasteiger partial charge in [0, 0.05) is 12.1 Å². The molecule has 0 aliphatic heterocycles. The summed E-state index contributed by atoms with van der Waals surface area (Å²) in [6.45, 7) is 0.171. The van der Waals surface area contributed by atoms with Crippen molar-refractivity contribution in [2.45, 2.75) is 38.3 Å². The maximum atomic E-state index is 14.7. The van der Waals surface area contributed by atoms with Crippen molar-refractivity contribution in [3.63, 3.8) is 0 Å². The van der Waals surface area contributed by atoms with Gasteiger partial charge in [-0.05, 0) is 36.6 Å². The van der Waals surface area contributed by atoms with Gasteiger partial charge in [0.05, 0.1) is 30.2 Å². The number of imidazole rings is 1. The standard InChI is InChI=1S/C24H19F2N5O2/c25-17-9-10-20(19(26)11-17)31-22-21(23(32)30(24(31)33)18-7-3-4-8-18)29(14-28-22)13-16-6-2-1-5-15(16)12-27/h1-2,5-6,9-11,14,18H,3-4,7-8,13H2. The molecule has 1 aliphatic rings. The van der Waals surface area contributed by atoms with Crippen LogP contribution in [0.15, 0.2) is 58.4 Å². The zero-order valence-corrected chi connectivity index (χ0v) is 17.5. The molecule has 0 bridgehead atoms. The van der Waals surface area contributed by atoms with E-state index in [1.807, 2.05) is 0 Å². The van der Waals surface area contributed by atoms with Crippen LogP contribution in [-0.2, 0) is 6.54 Å². The van der Waals surface area contributed by atoms with Crippen molar-refractivity contribution in [2.24, 2.45) is 0 Å². The van der Waals surface area contributed by atoms with Crippen LogP contribution in [0.3, 0.4) is 0 Å². The number of rotatable bonds is 4. The fourth-order valence-corrected chi connectivity index (χ4v) is 4.59. The summed E-state index contributed by atoms with van der Waals surface area (Å²) < 4.78 is 32.1. The van der Waals surface area contributed by atoms with E-state index in [0.717, 1.165) is 23.5 Å². The lowest BCUT2D eigenvalue weighted by Crippen LogP contribution is -2.42. The van der Waals surface area contributed by atoms with Crippen LogP contribution >= 0.6 is 0 Å². The molecule has 0 radical (unpaired) electrons. The van der Waals surface area contributed by atoms with Crippen LogP contribution in [0.25, 0.3) is 16.9 Å². The van der Waals surface area contributed by atoms with Gasteiger partial charge < -0.3 is 4.57 Å². The van der Waals surface area contributed by atoms with Gasteiger partial charge in [0.15, 0.2) is 11.2 Å². The zero-order chi connectivity index (χ0) is 23.1. The Bertz CT molecular complexity index is 1540. The summed E-state index contributed by atoms with van der Waals surface area (Å²) in [4.78, 5) is 31.3. The first kappa shape index (κ1) is 20.8. The van der Waals surface area contributed by atoms with Gasteiger partial charge in [-0.3, -0.25) is 9.36 Å². The molecule has 166 valence electrons. The first-order valence-corrected chi connectivity index (χ1v) is 10.7. The minimum atomic E-state index is -0.931. The van der Waals surface area contributed by atoms with Crippen molar-refractivity contribution in [1.82, 2.24) is 18.7 Å². The summed E-state index contributed by atoms with van der Waals surface area (Å²) in [5, 5.41) is 9.43. The van der Waals surface area contributed by atoms with E-state index in [4.69, 9.17) is 0 Å². The van der Waals surface area contributed by atoms with E-state index in [9.17, 15) is 23.6 Å². The Morgan fingerprint density at radius 1 is 1.09 bits per heavy atom. The summed E-state index contributed by atoms with van der Waals surface area (Å²) >= 11 is 0. The molecule has 0 saturated heterocycles. The van der Waals surface area contributed by atoms with Crippen LogP contribution in [0.2, 0.25) is 0 Å². The Balaban J connectivity index is 1.81. The van der Waals surface area contributed by atoms with Crippen molar-refractivity contribution >= 4 is 11.2 Å². The lowest BCUT2D eigenvalue weighted by Gasteiger charge is -2.17. The van der Waals surface area contributed by atoms with Crippen LogP contribution in [0.5, 0.6) is 0 Å². The van der Waals surface area contributed by atoms with Crippen LogP contribution < -0.4 is 11.2 Å². The molecule has 1 saturated carbocycles. The van der Waals surface area contributed by atoms with E-state index in [2.05, 4.69) is 11.1 Å². The highest BCUT2D eigenvalue weighted by Crippen LogP contribution is 2.28. The Labute approximate surface area is 186 Å². The molecule has 0 amide bonds. The zero-order valence-electron chi connectivity index (χ0n) is 17.5. The maximum Gasteiger partial charge on any atom is 0.337 e. The molecule has 33 heavy (non-hydrogen) atoms. The molecule has 0 spiro atoms. The molecule has 2 aromatic carbocycles. The molecule has 7 nitrogen and oxygen atoms in total. The second-order valence-electron chi connectivity index (χ2n) is 8.14. The van der Waals surface area contributed by atoms with Gasteiger partial charge in [0.2, 0.25) is 0 Å². The number of hydrogen-bond acceptors (Lipinski definition) is 4. The second kappa shape index (κ2) is 8.13. The summed E-state index contributed by atoms with van der Waals surface area (Å²) in [6, 6.07) is 11.7. The molecule has 2 aromatic heterocycles. The van der Waals surface area contributed by atoms with Gasteiger partial charge in [-0.25, -0.2) is 23.1 Å². The van der Waals surface area contributed by atoms with Crippen LogP contribution in [0, 0.1) is 23.0 Å². The molecule has 0 atom stereocenters. The molecule has 1 fully saturated rings. The number of hydrogen-bond donors (Lipinski definition) is 0. The molecular formula is C24H19F2N5O2. The Morgan fingerprint density at radius 2 is 1.85 bits per heavy atom. The number of nitrogens with zero attached hydrogens (tertiary/aromatic N) is 5. The highest BCUT2D eigenvalue weighted by molar-refractivity contribution is 5.72. The summed E-state index contributed by atoms with van der Waals surface area (Å²) in [5.41, 5.74) is -0.150. The third-order valence-corrected chi connectivity index (χ3v) is 6.17. The first-order chi connectivity index (χ1) is 16.0. The molecular weight excluding hydrogens is 428 g/mol. The molecule has 5 rings (SSSR count). The van der Waals surface area contributed by atoms with Gasteiger partial charge in [0.25, 0.3) is 5.56 Å². The first-order valence-electron chi connectivity index (χ1n) is 10.7. The summed E-state index contributed by atoms with van der Waals surface area (Å²) in [6.07, 6.45) is 4.50. The average molecular weight is 447 g/mol. The quantitative estimate of drug-likeness (QED) is 0.478. The highest BCUT2D eigenvalue weighted by Gasteiger charge is 2.27. The number of fused-ring (bicyclic) bond motifs is 1. The topological polar surface area (TPSA) is 85.6 Å². The molecule has 1 aliphatic carbocycles. The fraction of sp³-hybridized carbons (Fsp3) is 0.250. The van der Waals surface area contributed by atoms with E-state index in [1.54, 1.807) is 28.8 Å². The Hall–Kier alpha value is -4.06. The van der Waals surface area contributed by atoms with Crippen LogP contribution in [0.4, 0.5) is 8.78 Å². The lowest BCUT2D eigenvalue weighted by atomic mass is 10.1. The largest absolute Gasteiger partial charge is 0.337 e. The molecule has 4 aromatic rings. The molecule has 9 heteroatoms. The lowest BCUT2D eigenvalue weighted by molar-refractivity contribution is 0.472. The molecule has 0 unspecified atom stereocenters. The monoisotopic (exact) mass is 447 g/mol. The van der Waals surface area contributed by atoms with Gasteiger partial charge in [-0.1, -0.05) is 31.0 Å². The highest BCUT2D eigenvalue weighted by atomic mass is 19.1. The van der Waals surface area contributed by atoms with Gasteiger partial charge in [-0.15, -0.1) is 0 Å². The van der Waals surface area contributed by atoms with Crippen molar-refractivity contribution in [1.29, 1.82) is 5.26 Å². The van der Waals surface area contributed by atoms with Gasteiger partial charge in [0.1, 0.15) is 11.6 Å². The average Bonchev–Trinajstić information content (AvgIpc) is 3.46. The SMILES string of the molecule is N#Cc1ccccc1Cn1cnc2c1c(=O)n(C1CCCC1)c(=O)n2-c1ccc(F)cc1F. The minimum absolute atomic E-state index is 0.0146. The Morgan fingerprint density at radius 3 is 2.58 bits per heavy atom. The Kier molecular flexibility index (Phi) is 5.13. The number of benzene rings is 2. The smallest absolute Gasteiger partial charge is 0.320 e. The molecule has 2 heterocycles. The van der Waals surface area contributed by atoms with Crippen molar-refractivity contribution < 1.29 is 8.78 Å². The normalized spacial score (nSPS) is 14.1. The summed E-state index contributed by atoms with van der Waals surface area (Å²) in [7, 11) is 0. The van der Waals surface area contributed by atoms with E-state index < -0.39 is 22.9 Å². The number of nitriles is 1. The van der Waals surface area contributed by atoms with E-state index in [1.165, 1.54) is 17.0 Å². The van der Waals surface area contributed by atoms with Crippen molar-refractivity contribution in [3.05, 3.63) is 92.4 Å². The number of halogens is 2. The fourth-order valence-electron chi connectivity index (χ4n) is 4.59. The van der Waals surface area contributed by atoms with Crippen molar-refractivity contribution in [2.75, 3.05) is 0 Å². The van der Waals surface area contributed by atoms with E-state index in [0.29, 0.717) is 30.0 Å². The third-order valence-electron chi connectivity index (χ3n) is 6.17. The number of aromatic nitrogens is 4. The maximum absolute atomic E-state index is 14.7. The summed E-state index contributed by atoms with van der Waals surface area (Å²) in [5.74, 6) is -1.71. The predicted molar refractivity (Wildman–Crippen MR) is 117 cm³/mol. The van der Waals surface area contributed by atoms with Crippen LogP contribution in [-0.4, -0.2) is 18.7 Å². The molecule has 0 N–H and O–H groups in total. The second-order valence-corrected chi connectivity index (χ2v) is 8.14. The minimum Gasteiger partial charge on any atom is -0.320 e. The predicted octanol–water partition coefficient (Wildman–Crippen LogP) is 3.66. The van der Waals surface area contributed by atoms with E-state index in [-0.39, 0.29) is 29.4 Å². The van der Waals surface area contributed by atoms with Gasteiger partial charge >= 0.3 is 5.69 Å². The van der Waals surface area contributed by atoms with Crippen molar-refractivity contribution in [3.8, 4) is 11.8 Å².